The lowest BCUT2D eigenvalue weighted by molar-refractivity contribution is 0.320. The van der Waals surface area contributed by atoms with Crippen LogP contribution in [-0.4, -0.2) is 38.2 Å². The third kappa shape index (κ3) is 4.27. The number of aromatic amines is 1. The van der Waals surface area contributed by atoms with Crippen molar-refractivity contribution < 1.29 is 4.39 Å². The lowest BCUT2D eigenvalue weighted by Gasteiger charge is -2.16. The van der Waals surface area contributed by atoms with Crippen LogP contribution in [0, 0.1) is 12.7 Å². The van der Waals surface area contributed by atoms with E-state index in [0.29, 0.717) is 19.0 Å². The SMILES string of the molecule is Cc1cccc(CNc2n[nH]c3nc([C@@H]4CCN(Cc5ccccc5F)C4)ccc23)n1. The van der Waals surface area contributed by atoms with Crippen molar-refractivity contribution in [1.82, 2.24) is 25.1 Å². The first-order chi connectivity index (χ1) is 15.2. The van der Waals surface area contributed by atoms with Crippen LogP contribution in [0.2, 0.25) is 0 Å². The highest BCUT2D eigenvalue weighted by molar-refractivity contribution is 5.87. The quantitative estimate of drug-likeness (QED) is 0.488. The van der Waals surface area contributed by atoms with Crippen LogP contribution in [0.3, 0.4) is 0 Å². The monoisotopic (exact) mass is 416 g/mol. The van der Waals surface area contributed by atoms with E-state index in [4.69, 9.17) is 4.98 Å². The Balaban J connectivity index is 1.26. The number of halogens is 1. The van der Waals surface area contributed by atoms with Crippen LogP contribution in [0.15, 0.2) is 54.6 Å². The molecule has 0 saturated carbocycles. The Bertz CT molecular complexity index is 1200. The van der Waals surface area contributed by atoms with Crippen molar-refractivity contribution in [2.75, 3.05) is 18.4 Å². The van der Waals surface area contributed by atoms with Crippen LogP contribution in [0.4, 0.5) is 10.2 Å². The molecule has 158 valence electrons. The number of pyridine rings is 2. The number of hydrogen-bond acceptors (Lipinski definition) is 5. The maximum absolute atomic E-state index is 14.0. The zero-order valence-electron chi connectivity index (χ0n) is 17.5. The lowest BCUT2D eigenvalue weighted by atomic mass is 10.0. The van der Waals surface area contributed by atoms with Crippen LogP contribution in [0.5, 0.6) is 0 Å². The van der Waals surface area contributed by atoms with Gasteiger partial charge < -0.3 is 5.32 Å². The summed E-state index contributed by atoms with van der Waals surface area (Å²) in [6.45, 7) is 5.05. The highest BCUT2D eigenvalue weighted by Crippen LogP contribution is 2.29. The van der Waals surface area contributed by atoms with Gasteiger partial charge in [-0.15, -0.1) is 0 Å². The van der Waals surface area contributed by atoms with Crippen LogP contribution in [-0.2, 0) is 13.1 Å². The van der Waals surface area contributed by atoms with Crippen molar-refractivity contribution in [3.8, 4) is 0 Å². The number of nitrogens with zero attached hydrogens (tertiary/aromatic N) is 4. The minimum atomic E-state index is -0.135. The van der Waals surface area contributed by atoms with E-state index < -0.39 is 0 Å². The number of H-pyrrole nitrogens is 1. The molecular weight excluding hydrogens is 391 g/mol. The number of anilines is 1. The second kappa shape index (κ2) is 8.43. The molecule has 7 heteroatoms. The Hall–Kier alpha value is -3.32. The van der Waals surface area contributed by atoms with Gasteiger partial charge in [0.15, 0.2) is 11.5 Å². The molecule has 4 aromatic rings. The van der Waals surface area contributed by atoms with Crippen LogP contribution in [0.1, 0.15) is 35.0 Å². The molecule has 1 atom stereocenters. The maximum Gasteiger partial charge on any atom is 0.157 e. The van der Waals surface area contributed by atoms with Crippen LogP contribution < -0.4 is 5.32 Å². The summed E-state index contributed by atoms with van der Waals surface area (Å²) in [7, 11) is 0. The summed E-state index contributed by atoms with van der Waals surface area (Å²) in [5.74, 6) is 0.987. The van der Waals surface area contributed by atoms with Crippen molar-refractivity contribution in [2.24, 2.45) is 0 Å². The summed E-state index contributed by atoms with van der Waals surface area (Å²) in [4.78, 5) is 11.6. The smallest absolute Gasteiger partial charge is 0.157 e. The fourth-order valence-electron chi connectivity index (χ4n) is 4.24. The molecule has 2 N–H and O–H groups in total. The first-order valence-corrected chi connectivity index (χ1v) is 10.6. The predicted molar refractivity (Wildman–Crippen MR) is 119 cm³/mol. The third-order valence-electron chi connectivity index (χ3n) is 5.87. The second-order valence-electron chi connectivity index (χ2n) is 8.14. The molecule has 5 rings (SSSR count). The molecule has 1 aromatic carbocycles. The molecule has 0 bridgehead atoms. The average molecular weight is 417 g/mol. The van der Waals surface area contributed by atoms with E-state index in [2.05, 4.69) is 37.5 Å². The number of nitrogens with one attached hydrogen (secondary N) is 2. The number of fused-ring (bicyclic) bond motifs is 1. The largest absolute Gasteiger partial charge is 0.362 e. The molecule has 0 spiro atoms. The van der Waals surface area contributed by atoms with E-state index in [1.165, 1.54) is 6.07 Å². The number of aryl methyl sites for hydroxylation is 1. The molecule has 0 amide bonds. The van der Waals surface area contributed by atoms with Crippen molar-refractivity contribution in [3.63, 3.8) is 0 Å². The third-order valence-corrected chi connectivity index (χ3v) is 5.87. The summed E-state index contributed by atoms with van der Waals surface area (Å²) in [6, 6.07) is 17.2. The Morgan fingerprint density at radius 1 is 1.10 bits per heavy atom. The first kappa shape index (κ1) is 19.6. The summed E-state index contributed by atoms with van der Waals surface area (Å²) < 4.78 is 14.0. The number of rotatable bonds is 6. The molecular formula is C24H25FN6. The predicted octanol–water partition coefficient (Wildman–Crippen LogP) is 4.40. The van der Waals surface area contributed by atoms with Gasteiger partial charge in [-0.3, -0.25) is 15.0 Å². The van der Waals surface area contributed by atoms with Gasteiger partial charge in [0.25, 0.3) is 0 Å². The molecule has 0 unspecified atom stereocenters. The fraction of sp³-hybridized carbons (Fsp3) is 0.292. The summed E-state index contributed by atoms with van der Waals surface area (Å²) in [5, 5.41) is 11.8. The Morgan fingerprint density at radius 2 is 2.00 bits per heavy atom. The second-order valence-corrected chi connectivity index (χ2v) is 8.14. The van der Waals surface area contributed by atoms with Crippen LogP contribution in [0.25, 0.3) is 11.0 Å². The van der Waals surface area contributed by atoms with E-state index in [1.807, 2.05) is 37.3 Å². The number of hydrogen-bond donors (Lipinski definition) is 2. The fourth-order valence-corrected chi connectivity index (χ4v) is 4.24. The molecule has 1 fully saturated rings. The molecule has 3 aromatic heterocycles. The molecule has 6 nitrogen and oxygen atoms in total. The Morgan fingerprint density at radius 3 is 2.87 bits per heavy atom. The van der Waals surface area contributed by atoms with Gasteiger partial charge in [0.1, 0.15) is 5.82 Å². The van der Waals surface area contributed by atoms with Gasteiger partial charge in [0.05, 0.1) is 17.6 Å². The van der Waals surface area contributed by atoms with Crippen molar-refractivity contribution in [3.05, 3.63) is 83.1 Å². The van der Waals surface area contributed by atoms with Crippen molar-refractivity contribution in [2.45, 2.75) is 32.4 Å². The van der Waals surface area contributed by atoms with E-state index >= 15 is 0 Å². The first-order valence-electron chi connectivity index (χ1n) is 10.6. The number of aromatic nitrogens is 4. The summed E-state index contributed by atoms with van der Waals surface area (Å²) in [5.41, 5.74) is 4.56. The minimum Gasteiger partial charge on any atom is -0.362 e. The molecule has 1 aliphatic rings. The zero-order valence-corrected chi connectivity index (χ0v) is 17.5. The van der Waals surface area contributed by atoms with Gasteiger partial charge in [0, 0.05) is 36.0 Å². The molecule has 0 radical (unpaired) electrons. The van der Waals surface area contributed by atoms with E-state index in [9.17, 15) is 4.39 Å². The normalized spacial score (nSPS) is 16.8. The lowest BCUT2D eigenvalue weighted by Crippen LogP contribution is -2.20. The van der Waals surface area contributed by atoms with Gasteiger partial charge in [-0.2, -0.15) is 5.10 Å². The number of benzene rings is 1. The van der Waals surface area contributed by atoms with E-state index in [1.54, 1.807) is 6.07 Å². The van der Waals surface area contributed by atoms with Crippen molar-refractivity contribution in [1.29, 1.82) is 0 Å². The zero-order chi connectivity index (χ0) is 21.2. The molecule has 0 aliphatic carbocycles. The van der Waals surface area contributed by atoms with Crippen LogP contribution >= 0.6 is 0 Å². The summed E-state index contributed by atoms with van der Waals surface area (Å²) >= 11 is 0. The standard InChI is InChI=1S/C24H25FN6/c1-16-5-4-7-19(27-16)13-26-23-20-9-10-22(28-24(20)30-29-23)18-11-12-31(15-18)14-17-6-2-3-8-21(17)25/h2-10,18H,11-15H2,1H3,(H2,26,28,29,30)/t18-/m1/s1. The average Bonchev–Trinajstić information content (AvgIpc) is 3.40. The highest BCUT2D eigenvalue weighted by Gasteiger charge is 2.26. The van der Waals surface area contributed by atoms with E-state index in [-0.39, 0.29) is 5.82 Å². The molecule has 1 saturated heterocycles. The molecule has 31 heavy (non-hydrogen) atoms. The highest BCUT2D eigenvalue weighted by atomic mass is 19.1. The summed E-state index contributed by atoms with van der Waals surface area (Å²) in [6.07, 6.45) is 1.02. The van der Waals surface area contributed by atoms with Gasteiger partial charge in [0.2, 0.25) is 0 Å². The van der Waals surface area contributed by atoms with Gasteiger partial charge >= 0.3 is 0 Å². The molecule has 1 aliphatic heterocycles. The van der Waals surface area contributed by atoms with Gasteiger partial charge in [-0.1, -0.05) is 24.3 Å². The van der Waals surface area contributed by atoms with Crippen molar-refractivity contribution >= 4 is 16.9 Å². The molecule has 4 heterocycles. The Kier molecular flexibility index (Phi) is 5.34. The van der Waals surface area contributed by atoms with Gasteiger partial charge in [-0.05, 0) is 50.2 Å². The van der Waals surface area contributed by atoms with E-state index in [0.717, 1.165) is 59.0 Å². The minimum absolute atomic E-state index is 0.135. The topological polar surface area (TPSA) is 69.7 Å². The maximum atomic E-state index is 14.0. The number of likely N-dealkylation sites (tertiary alicyclic amines) is 1. The van der Waals surface area contributed by atoms with Gasteiger partial charge in [-0.25, -0.2) is 9.37 Å². The Labute approximate surface area is 180 Å².